The first-order valence-electron chi connectivity index (χ1n) is 6.20. The molecule has 18 heavy (non-hydrogen) atoms. The van der Waals surface area contributed by atoms with Crippen molar-refractivity contribution in [3.05, 3.63) is 28.2 Å². The van der Waals surface area contributed by atoms with Gasteiger partial charge in [0.15, 0.2) is 6.10 Å². The van der Waals surface area contributed by atoms with Crippen LogP contribution >= 0.6 is 15.9 Å². The average molecular weight is 311 g/mol. The van der Waals surface area contributed by atoms with E-state index in [4.69, 9.17) is 15.7 Å². The Morgan fingerprint density at radius 2 is 2.11 bits per heavy atom. The molecule has 4 heteroatoms. The molecular weight excluding hydrogens is 292 g/mol. The molecule has 0 aliphatic rings. The Morgan fingerprint density at radius 1 is 1.39 bits per heavy atom. The first kappa shape index (κ1) is 15.0. The zero-order chi connectivity index (χ0) is 13.5. The largest absolute Gasteiger partial charge is 0.476 e. The predicted molar refractivity (Wildman–Crippen MR) is 76.4 cm³/mol. The molecule has 3 nitrogen and oxygen atoms in total. The summed E-state index contributed by atoms with van der Waals surface area (Å²) in [6, 6.07) is 8.04. The molecule has 0 bridgehead atoms. The summed E-state index contributed by atoms with van der Waals surface area (Å²) in [5.41, 5.74) is 7.08. The molecule has 2 atom stereocenters. The SMILES string of the molecule is CCC(N)Cc1cc(OC(C#N)CC)ccc1Br. The lowest BCUT2D eigenvalue weighted by Crippen LogP contribution is -2.21. The highest BCUT2D eigenvalue weighted by Gasteiger charge is 2.10. The Kier molecular flexibility index (Phi) is 6.17. The van der Waals surface area contributed by atoms with E-state index < -0.39 is 0 Å². The van der Waals surface area contributed by atoms with Gasteiger partial charge in [-0.25, -0.2) is 0 Å². The molecule has 98 valence electrons. The van der Waals surface area contributed by atoms with Crippen LogP contribution in [0.25, 0.3) is 0 Å². The van der Waals surface area contributed by atoms with Crippen molar-refractivity contribution in [2.75, 3.05) is 0 Å². The van der Waals surface area contributed by atoms with E-state index in [0.29, 0.717) is 6.42 Å². The van der Waals surface area contributed by atoms with E-state index in [1.165, 1.54) is 0 Å². The first-order valence-corrected chi connectivity index (χ1v) is 7.00. The predicted octanol–water partition coefficient (Wildman–Crippen LogP) is 3.41. The molecule has 0 radical (unpaired) electrons. The second kappa shape index (κ2) is 7.40. The molecule has 0 saturated carbocycles. The van der Waals surface area contributed by atoms with Gasteiger partial charge >= 0.3 is 0 Å². The third kappa shape index (κ3) is 4.32. The van der Waals surface area contributed by atoms with Gasteiger partial charge in [-0.05, 0) is 43.0 Å². The van der Waals surface area contributed by atoms with Crippen LogP contribution in [0.1, 0.15) is 32.3 Å². The minimum atomic E-state index is -0.390. The number of halogens is 1. The van der Waals surface area contributed by atoms with E-state index in [2.05, 4.69) is 28.9 Å². The summed E-state index contributed by atoms with van der Waals surface area (Å²) in [6.45, 7) is 4.00. The van der Waals surface area contributed by atoms with E-state index in [1.807, 2.05) is 25.1 Å². The monoisotopic (exact) mass is 310 g/mol. The molecule has 2 unspecified atom stereocenters. The molecule has 0 amide bonds. The number of nitrogens with two attached hydrogens (primary N) is 1. The van der Waals surface area contributed by atoms with Crippen molar-refractivity contribution in [2.24, 2.45) is 5.73 Å². The van der Waals surface area contributed by atoms with Gasteiger partial charge < -0.3 is 10.5 Å². The number of nitriles is 1. The van der Waals surface area contributed by atoms with Crippen molar-refractivity contribution >= 4 is 15.9 Å². The Hall–Kier alpha value is -1.05. The molecule has 0 aromatic heterocycles. The van der Waals surface area contributed by atoms with Gasteiger partial charge in [0, 0.05) is 10.5 Å². The second-order valence-electron chi connectivity index (χ2n) is 4.27. The van der Waals surface area contributed by atoms with E-state index in [0.717, 1.165) is 28.6 Å². The van der Waals surface area contributed by atoms with Crippen LogP contribution in [0.4, 0.5) is 0 Å². The summed E-state index contributed by atoms with van der Waals surface area (Å²) in [5, 5.41) is 8.89. The van der Waals surface area contributed by atoms with Gasteiger partial charge in [-0.1, -0.05) is 29.8 Å². The fourth-order valence-corrected chi connectivity index (χ4v) is 1.98. The highest BCUT2D eigenvalue weighted by atomic mass is 79.9. The Morgan fingerprint density at radius 3 is 2.67 bits per heavy atom. The molecule has 0 aliphatic carbocycles. The minimum absolute atomic E-state index is 0.148. The highest BCUT2D eigenvalue weighted by molar-refractivity contribution is 9.10. The van der Waals surface area contributed by atoms with E-state index in [9.17, 15) is 0 Å². The number of hydrogen-bond donors (Lipinski definition) is 1. The lowest BCUT2D eigenvalue weighted by molar-refractivity contribution is 0.251. The molecule has 1 aromatic rings. The van der Waals surface area contributed by atoms with Crippen molar-refractivity contribution in [3.8, 4) is 11.8 Å². The first-order chi connectivity index (χ1) is 8.60. The lowest BCUT2D eigenvalue weighted by Gasteiger charge is -2.14. The van der Waals surface area contributed by atoms with Gasteiger partial charge in [0.25, 0.3) is 0 Å². The fourth-order valence-electron chi connectivity index (χ4n) is 1.57. The molecule has 0 fully saturated rings. The van der Waals surface area contributed by atoms with Gasteiger partial charge in [-0.15, -0.1) is 0 Å². The summed E-state index contributed by atoms with van der Waals surface area (Å²) in [5.74, 6) is 0.727. The number of nitrogens with zero attached hydrogens (tertiary/aromatic N) is 1. The molecule has 0 spiro atoms. The van der Waals surface area contributed by atoms with Gasteiger partial charge in [0.05, 0.1) is 0 Å². The van der Waals surface area contributed by atoms with Crippen LogP contribution in [0, 0.1) is 11.3 Å². The summed E-state index contributed by atoms with van der Waals surface area (Å²) in [4.78, 5) is 0. The molecule has 1 rings (SSSR count). The summed E-state index contributed by atoms with van der Waals surface area (Å²) < 4.78 is 6.63. The van der Waals surface area contributed by atoms with Crippen molar-refractivity contribution in [2.45, 2.75) is 45.3 Å². The van der Waals surface area contributed by atoms with Crippen LogP contribution in [-0.2, 0) is 6.42 Å². The van der Waals surface area contributed by atoms with Crippen LogP contribution in [0.5, 0.6) is 5.75 Å². The smallest absolute Gasteiger partial charge is 0.184 e. The Balaban J connectivity index is 2.83. The normalized spacial score (nSPS) is 13.7. The van der Waals surface area contributed by atoms with Gasteiger partial charge in [0.2, 0.25) is 0 Å². The Bertz CT molecular complexity index is 428. The van der Waals surface area contributed by atoms with Crippen molar-refractivity contribution in [3.63, 3.8) is 0 Å². The zero-order valence-corrected chi connectivity index (χ0v) is 12.4. The van der Waals surface area contributed by atoms with Crippen molar-refractivity contribution < 1.29 is 4.74 Å². The molecular formula is C14H19BrN2O. The van der Waals surface area contributed by atoms with Crippen molar-refractivity contribution in [1.82, 2.24) is 0 Å². The maximum absolute atomic E-state index is 8.89. The standard InChI is InChI=1S/C14H19BrN2O/c1-3-11(17)7-10-8-13(5-6-14(10)15)18-12(4-2)9-16/h5-6,8,11-12H,3-4,7,17H2,1-2H3. The van der Waals surface area contributed by atoms with Crippen molar-refractivity contribution in [1.29, 1.82) is 5.26 Å². The third-order valence-electron chi connectivity index (χ3n) is 2.82. The number of hydrogen-bond acceptors (Lipinski definition) is 3. The molecule has 2 N–H and O–H groups in total. The summed E-state index contributed by atoms with van der Waals surface area (Å²) >= 11 is 3.51. The third-order valence-corrected chi connectivity index (χ3v) is 3.59. The summed E-state index contributed by atoms with van der Waals surface area (Å²) in [7, 11) is 0. The highest BCUT2D eigenvalue weighted by Crippen LogP contribution is 2.25. The number of benzene rings is 1. The molecule has 1 aromatic carbocycles. The lowest BCUT2D eigenvalue weighted by atomic mass is 10.0. The van der Waals surface area contributed by atoms with Crippen LogP contribution in [0.3, 0.4) is 0 Å². The van der Waals surface area contributed by atoms with E-state index in [1.54, 1.807) is 0 Å². The maximum Gasteiger partial charge on any atom is 0.184 e. The van der Waals surface area contributed by atoms with Gasteiger partial charge in [-0.2, -0.15) is 5.26 Å². The Labute approximate surface area is 117 Å². The number of rotatable bonds is 6. The zero-order valence-electron chi connectivity index (χ0n) is 10.8. The summed E-state index contributed by atoms with van der Waals surface area (Å²) in [6.07, 6.45) is 2.03. The van der Waals surface area contributed by atoms with Crippen LogP contribution in [0.15, 0.2) is 22.7 Å². The van der Waals surface area contributed by atoms with E-state index in [-0.39, 0.29) is 12.1 Å². The van der Waals surface area contributed by atoms with Crippen LogP contribution < -0.4 is 10.5 Å². The molecule has 0 saturated heterocycles. The van der Waals surface area contributed by atoms with Crippen LogP contribution in [-0.4, -0.2) is 12.1 Å². The second-order valence-corrected chi connectivity index (χ2v) is 5.12. The van der Waals surface area contributed by atoms with Gasteiger partial charge in [-0.3, -0.25) is 0 Å². The average Bonchev–Trinajstić information content (AvgIpc) is 2.39. The topological polar surface area (TPSA) is 59.0 Å². The molecule has 0 heterocycles. The van der Waals surface area contributed by atoms with E-state index >= 15 is 0 Å². The fraction of sp³-hybridized carbons (Fsp3) is 0.500. The quantitative estimate of drug-likeness (QED) is 0.876. The van der Waals surface area contributed by atoms with Gasteiger partial charge in [0.1, 0.15) is 11.8 Å². The molecule has 0 aliphatic heterocycles. The maximum atomic E-state index is 8.89. The van der Waals surface area contributed by atoms with Crippen LogP contribution in [0.2, 0.25) is 0 Å². The number of ether oxygens (including phenoxy) is 1. The minimum Gasteiger partial charge on any atom is -0.476 e.